The summed E-state index contributed by atoms with van der Waals surface area (Å²) in [5, 5.41) is 12.9. The molecule has 0 saturated carbocycles. The third-order valence-corrected chi connectivity index (χ3v) is 4.57. The minimum Gasteiger partial charge on any atom is -0.506 e. The quantitative estimate of drug-likeness (QED) is 0.730. The summed E-state index contributed by atoms with van der Waals surface area (Å²) in [6, 6.07) is 1.94. The van der Waals surface area contributed by atoms with E-state index in [0.717, 1.165) is 12.1 Å². The average Bonchev–Trinajstić information content (AvgIpc) is 2.76. The Labute approximate surface area is 140 Å². The number of hydrogen-bond donors (Lipinski definition) is 3. The lowest BCUT2D eigenvalue weighted by Crippen LogP contribution is -2.32. The molecule has 0 atom stereocenters. The highest BCUT2D eigenvalue weighted by molar-refractivity contribution is 7.92. The Morgan fingerprint density at radius 3 is 2.54 bits per heavy atom. The van der Waals surface area contributed by atoms with E-state index in [9.17, 15) is 22.7 Å². The number of amides is 1. The standard InChI is InChI=1S/C12H9ClFN5O4S/c13-6-3-15-12(16-4-6)18-7-1-8(14)11(9(20)2-7)19-10(21)5-17-24(19,22)23/h1-4,17,20H,5H2,(H,15,16,18). The van der Waals surface area contributed by atoms with Gasteiger partial charge in [-0.25, -0.2) is 14.4 Å². The molecule has 24 heavy (non-hydrogen) atoms. The van der Waals surface area contributed by atoms with Crippen LogP contribution in [-0.2, 0) is 15.0 Å². The lowest BCUT2D eigenvalue weighted by Gasteiger charge is -2.17. The molecule has 3 rings (SSSR count). The van der Waals surface area contributed by atoms with Gasteiger partial charge in [0.2, 0.25) is 5.95 Å². The lowest BCUT2D eigenvalue weighted by atomic mass is 10.2. The molecular formula is C12H9ClFN5O4S. The van der Waals surface area contributed by atoms with Crippen molar-refractivity contribution in [1.29, 1.82) is 0 Å². The first-order chi connectivity index (χ1) is 11.3. The van der Waals surface area contributed by atoms with E-state index in [1.165, 1.54) is 12.4 Å². The maximum atomic E-state index is 14.3. The summed E-state index contributed by atoms with van der Waals surface area (Å²) in [6.07, 6.45) is 2.62. The molecule has 3 N–H and O–H groups in total. The van der Waals surface area contributed by atoms with Crippen molar-refractivity contribution in [2.45, 2.75) is 0 Å². The maximum Gasteiger partial charge on any atom is 0.308 e. The summed E-state index contributed by atoms with van der Waals surface area (Å²) in [5.41, 5.74) is -0.708. The summed E-state index contributed by atoms with van der Waals surface area (Å²) >= 11 is 5.65. The molecule has 12 heteroatoms. The van der Waals surface area contributed by atoms with Crippen LogP contribution in [0.25, 0.3) is 0 Å². The number of phenols is 1. The van der Waals surface area contributed by atoms with Crippen LogP contribution >= 0.6 is 11.6 Å². The van der Waals surface area contributed by atoms with Crippen LogP contribution in [0.3, 0.4) is 0 Å². The number of anilines is 3. The van der Waals surface area contributed by atoms with Gasteiger partial charge in [0.15, 0.2) is 5.82 Å². The molecule has 2 heterocycles. The van der Waals surface area contributed by atoms with E-state index in [1.807, 2.05) is 4.72 Å². The van der Waals surface area contributed by atoms with Gasteiger partial charge in [-0.15, -0.1) is 0 Å². The molecule has 9 nitrogen and oxygen atoms in total. The Morgan fingerprint density at radius 2 is 2.00 bits per heavy atom. The van der Waals surface area contributed by atoms with Crippen molar-refractivity contribution in [2.75, 3.05) is 16.2 Å². The average molecular weight is 374 g/mol. The van der Waals surface area contributed by atoms with Crippen LogP contribution < -0.4 is 14.3 Å². The largest absolute Gasteiger partial charge is 0.506 e. The molecule has 2 aromatic rings. The Kier molecular flexibility index (Phi) is 3.99. The molecule has 0 unspecified atom stereocenters. The van der Waals surface area contributed by atoms with E-state index in [4.69, 9.17) is 11.6 Å². The van der Waals surface area contributed by atoms with Gasteiger partial charge in [-0.1, -0.05) is 11.6 Å². The molecule has 0 aliphatic carbocycles. The topological polar surface area (TPSA) is 125 Å². The van der Waals surface area contributed by atoms with Crippen LogP contribution in [0.5, 0.6) is 5.75 Å². The van der Waals surface area contributed by atoms with Gasteiger partial charge < -0.3 is 10.4 Å². The van der Waals surface area contributed by atoms with Crippen molar-refractivity contribution >= 4 is 45.0 Å². The maximum absolute atomic E-state index is 14.3. The van der Waals surface area contributed by atoms with Gasteiger partial charge in [-0.3, -0.25) is 4.79 Å². The molecule has 0 radical (unpaired) electrons. The first kappa shape index (κ1) is 16.4. The number of aromatic nitrogens is 2. The highest BCUT2D eigenvalue weighted by Gasteiger charge is 2.39. The minimum absolute atomic E-state index is 0.0491. The number of aromatic hydroxyl groups is 1. The van der Waals surface area contributed by atoms with Crippen molar-refractivity contribution in [3.63, 3.8) is 0 Å². The SMILES string of the molecule is O=C1CNS(=O)(=O)N1c1c(O)cc(Nc2ncc(Cl)cn2)cc1F. The highest BCUT2D eigenvalue weighted by Crippen LogP contribution is 2.36. The Bertz CT molecular complexity index is 899. The van der Waals surface area contributed by atoms with Gasteiger partial charge in [0, 0.05) is 11.8 Å². The number of hydrogen-bond acceptors (Lipinski definition) is 7. The molecule has 1 aromatic carbocycles. The van der Waals surface area contributed by atoms with E-state index in [-0.39, 0.29) is 15.9 Å². The second-order valence-electron chi connectivity index (χ2n) is 4.66. The van der Waals surface area contributed by atoms with E-state index in [0.29, 0.717) is 5.02 Å². The van der Waals surface area contributed by atoms with Crippen molar-refractivity contribution in [3.05, 3.63) is 35.4 Å². The van der Waals surface area contributed by atoms with Gasteiger partial charge in [-0.05, 0) is 6.07 Å². The Balaban J connectivity index is 1.97. The van der Waals surface area contributed by atoms with E-state index >= 15 is 0 Å². The molecule has 1 aliphatic rings. The summed E-state index contributed by atoms with van der Waals surface area (Å²) < 4.78 is 39.9. The van der Waals surface area contributed by atoms with Crippen LogP contribution in [0, 0.1) is 5.82 Å². The minimum atomic E-state index is -4.24. The van der Waals surface area contributed by atoms with E-state index in [2.05, 4.69) is 15.3 Å². The lowest BCUT2D eigenvalue weighted by molar-refractivity contribution is -0.115. The Morgan fingerprint density at radius 1 is 1.33 bits per heavy atom. The fourth-order valence-electron chi connectivity index (χ4n) is 2.03. The van der Waals surface area contributed by atoms with E-state index in [1.54, 1.807) is 0 Å². The number of nitrogens with one attached hydrogen (secondary N) is 2. The molecule has 1 aromatic heterocycles. The molecule has 1 amide bonds. The molecule has 126 valence electrons. The summed E-state index contributed by atoms with van der Waals surface area (Å²) in [5.74, 6) is -2.69. The smallest absolute Gasteiger partial charge is 0.308 e. The summed E-state index contributed by atoms with van der Waals surface area (Å²) in [4.78, 5) is 19.3. The third kappa shape index (κ3) is 2.96. The fourth-order valence-corrected chi connectivity index (χ4v) is 3.32. The van der Waals surface area contributed by atoms with Crippen molar-refractivity contribution < 1.29 is 22.7 Å². The van der Waals surface area contributed by atoms with Gasteiger partial charge >= 0.3 is 10.2 Å². The van der Waals surface area contributed by atoms with Gasteiger partial charge in [0.05, 0.1) is 24.0 Å². The molecule has 1 saturated heterocycles. The summed E-state index contributed by atoms with van der Waals surface area (Å²) in [6.45, 7) is -0.514. The molecular weight excluding hydrogens is 365 g/mol. The van der Waals surface area contributed by atoms with Crippen LogP contribution in [0.1, 0.15) is 0 Å². The van der Waals surface area contributed by atoms with Crippen LogP contribution in [-0.4, -0.2) is 35.9 Å². The normalized spacial score (nSPS) is 16.4. The monoisotopic (exact) mass is 373 g/mol. The number of benzene rings is 1. The van der Waals surface area contributed by atoms with Crippen LogP contribution in [0.4, 0.5) is 21.7 Å². The number of carbonyl (C=O) groups is 1. The zero-order chi connectivity index (χ0) is 17.5. The second-order valence-corrected chi connectivity index (χ2v) is 6.70. The zero-order valence-electron chi connectivity index (χ0n) is 11.7. The molecule has 0 spiro atoms. The van der Waals surface area contributed by atoms with Crippen molar-refractivity contribution in [1.82, 2.24) is 14.7 Å². The molecule has 1 fully saturated rings. The zero-order valence-corrected chi connectivity index (χ0v) is 13.3. The summed E-state index contributed by atoms with van der Waals surface area (Å²) in [7, 11) is -4.24. The van der Waals surface area contributed by atoms with Crippen LogP contribution in [0.15, 0.2) is 24.5 Å². The molecule has 0 bridgehead atoms. The van der Waals surface area contributed by atoms with Gasteiger partial charge in [-0.2, -0.15) is 17.4 Å². The number of carbonyl (C=O) groups excluding carboxylic acids is 1. The number of rotatable bonds is 3. The Hall–Kier alpha value is -2.50. The number of nitrogens with zero attached hydrogens (tertiary/aromatic N) is 3. The van der Waals surface area contributed by atoms with Crippen molar-refractivity contribution in [2.24, 2.45) is 0 Å². The highest BCUT2D eigenvalue weighted by atomic mass is 35.5. The third-order valence-electron chi connectivity index (χ3n) is 3.00. The first-order valence-corrected chi connectivity index (χ1v) is 8.19. The number of phenolic OH excluding ortho intramolecular Hbond substituents is 1. The van der Waals surface area contributed by atoms with Gasteiger partial charge in [0.1, 0.15) is 11.4 Å². The van der Waals surface area contributed by atoms with Gasteiger partial charge in [0.25, 0.3) is 5.91 Å². The van der Waals surface area contributed by atoms with Crippen molar-refractivity contribution in [3.8, 4) is 5.75 Å². The fraction of sp³-hybridized carbons (Fsp3) is 0.0833. The van der Waals surface area contributed by atoms with Crippen LogP contribution in [0.2, 0.25) is 5.02 Å². The predicted octanol–water partition coefficient (Wildman–Crippen LogP) is 0.899. The predicted molar refractivity (Wildman–Crippen MR) is 82.8 cm³/mol. The first-order valence-electron chi connectivity index (χ1n) is 6.38. The number of halogens is 2. The second kappa shape index (κ2) is 5.85. The molecule has 1 aliphatic heterocycles. The van der Waals surface area contributed by atoms with E-state index < -0.39 is 39.9 Å².